The maximum Gasteiger partial charge on any atom is 0.265 e. The van der Waals surface area contributed by atoms with Gasteiger partial charge in [-0.15, -0.1) is 12.4 Å². The predicted molar refractivity (Wildman–Crippen MR) is 90.9 cm³/mol. The van der Waals surface area contributed by atoms with E-state index in [0.717, 1.165) is 25.7 Å². The van der Waals surface area contributed by atoms with Crippen LogP contribution in [0.4, 0.5) is 0 Å². The van der Waals surface area contributed by atoms with E-state index in [9.17, 15) is 13.2 Å². The van der Waals surface area contributed by atoms with Gasteiger partial charge in [0.2, 0.25) is 10.0 Å². The molecule has 0 aromatic carbocycles. The van der Waals surface area contributed by atoms with Crippen LogP contribution in [0.3, 0.4) is 0 Å². The first-order valence-electron chi connectivity index (χ1n) is 7.53. The smallest absolute Gasteiger partial charge is 0.265 e. The molecule has 7 nitrogen and oxygen atoms in total. The molecule has 1 aliphatic carbocycles. The molecule has 5 N–H and O–H groups in total. The Bertz CT molecular complexity index is 638. The lowest BCUT2D eigenvalue weighted by molar-refractivity contribution is 0.0992. The number of sulfonamides is 1. The van der Waals surface area contributed by atoms with E-state index in [1.54, 1.807) is 7.05 Å². The largest absolute Gasteiger partial charge is 0.364 e. The van der Waals surface area contributed by atoms with Crippen molar-refractivity contribution in [2.24, 2.45) is 24.4 Å². The highest BCUT2D eigenvalue weighted by Crippen LogP contribution is 2.27. The van der Waals surface area contributed by atoms with E-state index in [1.165, 1.54) is 23.3 Å². The van der Waals surface area contributed by atoms with Crippen molar-refractivity contribution in [3.8, 4) is 0 Å². The second-order valence-corrected chi connectivity index (χ2v) is 7.61. The third kappa shape index (κ3) is 4.69. The molecular weight excluding hydrogens is 340 g/mol. The normalized spacial score (nSPS) is 17.5. The number of hydrogen-bond donors (Lipinski definition) is 3. The van der Waals surface area contributed by atoms with Crippen molar-refractivity contribution in [3.63, 3.8) is 0 Å². The number of primary amides is 1. The maximum absolute atomic E-state index is 12.5. The maximum atomic E-state index is 12.5. The second kappa shape index (κ2) is 8.14. The molecular formula is C14H25ClN4O3S. The van der Waals surface area contributed by atoms with Gasteiger partial charge in [-0.3, -0.25) is 4.79 Å². The van der Waals surface area contributed by atoms with Crippen molar-refractivity contribution in [2.45, 2.75) is 43.0 Å². The number of carbonyl (C=O) groups is 1. The first-order chi connectivity index (χ1) is 10.3. The first-order valence-corrected chi connectivity index (χ1v) is 9.02. The minimum atomic E-state index is -3.71. The van der Waals surface area contributed by atoms with Crippen LogP contribution in [0.25, 0.3) is 0 Å². The van der Waals surface area contributed by atoms with Crippen LogP contribution < -0.4 is 16.2 Å². The number of carbonyl (C=O) groups excluding carboxylic acids is 1. The van der Waals surface area contributed by atoms with Gasteiger partial charge in [0.1, 0.15) is 10.6 Å². The first kappa shape index (κ1) is 20.0. The summed E-state index contributed by atoms with van der Waals surface area (Å²) in [5.41, 5.74) is 11.1. The Hall–Kier alpha value is -1.09. The van der Waals surface area contributed by atoms with Crippen molar-refractivity contribution in [3.05, 3.63) is 18.0 Å². The Balaban J connectivity index is 0.00000264. The highest BCUT2D eigenvalue weighted by molar-refractivity contribution is 7.89. The molecule has 132 valence electrons. The standard InChI is InChI=1S/C14H24N4O3S.ClH/c1-18-9-11(7-13(18)14(16)19)22(20,21)17-12(8-15)10-5-3-2-4-6-10;/h7,9-10,12,17H,2-6,8,15H2,1H3,(H2,16,19);1H. The van der Waals surface area contributed by atoms with Crippen LogP contribution in [0, 0.1) is 5.92 Å². The summed E-state index contributed by atoms with van der Waals surface area (Å²) in [5, 5.41) is 0. The summed E-state index contributed by atoms with van der Waals surface area (Å²) in [4.78, 5) is 11.3. The van der Waals surface area contributed by atoms with E-state index in [4.69, 9.17) is 11.5 Å². The Morgan fingerprint density at radius 2 is 2.00 bits per heavy atom. The van der Waals surface area contributed by atoms with Gasteiger partial charge in [0.15, 0.2) is 0 Å². The Morgan fingerprint density at radius 3 is 2.48 bits per heavy atom. The zero-order valence-electron chi connectivity index (χ0n) is 13.2. The molecule has 1 atom stereocenters. The highest BCUT2D eigenvalue weighted by atomic mass is 35.5. The van der Waals surface area contributed by atoms with Crippen molar-refractivity contribution in [1.29, 1.82) is 0 Å². The molecule has 1 aromatic heterocycles. The Kier molecular flexibility index (Phi) is 7.06. The summed E-state index contributed by atoms with van der Waals surface area (Å²) in [6.07, 6.45) is 6.79. The number of aromatic nitrogens is 1. The highest BCUT2D eigenvalue weighted by Gasteiger charge is 2.28. The summed E-state index contributed by atoms with van der Waals surface area (Å²) < 4.78 is 29.1. The van der Waals surface area contributed by atoms with Gasteiger partial charge in [0, 0.05) is 25.8 Å². The molecule has 1 aromatic rings. The number of nitrogens with zero attached hydrogens (tertiary/aromatic N) is 1. The summed E-state index contributed by atoms with van der Waals surface area (Å²) in [5.74, 6) is -0.389. The lowest BCUT2D eigenvalue weighted by Crippen LogP contribution is -2.45. The fourth-order valence-corrected chi connectivity index (χ4v) is 4.45. The molecule has 1 unspecified atom stereocenters. The van der Waals surface area contributed by atoms with Crippen molar-refractivity contribution in [1.82, 2.24) is 9.29 Å². The minimum Gasteiger partial charge on any atom is -0.364 e. The van der Waals surface area contributed by atoms with Crippen LogP contribution in [0.5, 0.6) is 0 Å². The Morgan fingerprint density at radius 1 is 1.39 bits per heavy atom. The zero-order valence-corrected chi connectivity index (χ0v) is 14.8. The van der Waals surface area contributed by atoms with Gasteiger partial charge in [0.25, 0.3) is 5.91 Å². The molecule has 0 radical (unpaired) electrons. The Labute approximate surface area is 143 Å². The van der Waals surface area contributed by atoms with Crippen molar-refractivity contribution < 1.29 is 13.2 Å². The van der Waals surface area contributed by atoms with Crippen molar-refractivity contribution in [2.75, 3.05) is 6.54 Å². The average Bonchev–Trinajstić information content (AvgIpc) is 2.89. The molecule has 2 rings (SSSR count). The molecule has 1 saturated carbocycles. The fraction of sp³-hybridized carbons (Fsp3) is 0.643. The lowest BCUT2D eigenvalue weighted by atomic mass is 9.84. The summed E-state index contributed by atoms with van der Waals surface area (Å²) >= 11 is 0. The van der Waals surface area contributed by atoms with Crippen molar-refractivity contribution >= 4 is 28.3 Å². The number of amides is 1. The summed E-state index contributed by atoms with van der Waals surface area (Å²) in [6.45, 7) is 0.263. The quantitative estimate of drug-likeness (QED) is 0.689. The van der Waals surface area contributed by atoms with E-state index < -0.39 is 15.9 Å². The number of rotatable bonds is 6. The van der Waals surface area contributed by atoms with Crippen LogP contribution in [0.2, 0.25) is 0 Å². The minimum absolute atomic E-state index is 0. The van der Waals surface area contributed by atoms with E-state index in [0.29, 0.717) is 0 Å². The number of hydrogen-bond acceptors (Lipinski definition) is 4. The third-order valence-electron chi connectivity index (χ3n) is 4.32. The van der Waals surface area contributed by atoms with E-state index in [1.807, 2.05) is 0 Å². The van der Waals surface area contributed by atoms with Gasteiger partial charge < -0.3 is 16.0 Å². The average molecular weight is 365 g/mol. The predicted octanol–water partition coefficient (Wildman–Crippen LogP) is 0.732. The number of halogens is 1. The molecule has 0 bridgehead atoms. The molecule has 1 heterocycles. The molecule has 0 spiro atoms. The zero-order chi connectivity index (χ0) is 16.3. The summed E-state index contributed by atoms with van der Waals surface area (Å²) in [7, 11) is -2.13. The molecule has 1 aliphatic rings. The molecule has 1 amide bonds. The molecule has 9 heteroatoms. The van der Waals surface area contributed by atoms with Crippen LogP contribution in [-0.4, -0.2) is 31.5 Å². The SMILES string of the molecule is Cl.Cn1cc(S(=O)(=O)NC(CN)C2CCCCC2)cc1C(N)=O. The van der Waals surface area contributed by atoms with E-state index in [-0.39, 0.29) is 41.5 Å². The lowest BCUT2D eigenvalue weighted by Gasteiger charge is -2.29. The van der Waals surface area contributed by atoms with Gasteiger partial charge in [-0.25, -0.2) is 13.1 Å². The fourth-order valence-electron chi connectivity index (χ4n) is 3.07. The monoisotopic (exact) mass is 364 g/mol. The van der Waals surface area contributed by atoms with Gasteiger partial charge in [-0.2, -0.15) is 0 Å². The topological polar surface area (TPSA) is 120 Å². The molecule has 0 saturated heterocycles. The molecule has 0 aliphatic heterocycles. The number of nitrogens with one attached hydrogen (secondary N) is 1. The van der Waals surface area contributed by atoms with Gasteiger partial charge >= 0.3 is 0 Å². The van der Waals surface area contributed by atoms with Crippen LogP contribution >= 0.6 is 12.4 Å². The van der Waals surface area contributed by atoms with Crippen LogP contribution in [0.15, 0.2) is 17.2 Å². The summed E-state index contributed by atoms with van der Waals surface area (Å²) in [6, 6.07) is 1.02. The van der Waals surface area contributed by atoms with Crippen LogP contribution in [0.1, 0.15) is 42.6 Å². The van der Waals surface area contributed by atoms with E-state index in [2.05, 4.69) is 4.72 Å². The van der Waals surface area contributed by atoms with E-state index >= 15 is 0 Å². The number of aryl methyl sites for hydroxylation is 1. The third-order valence-corrected chi connectivity index (χ3v) is 5.78. The number of nitrogens with two attached hydrogens (primary N) is 2. The molecule has 1 fully saturated rings. The second-order valence-electron chi connectivity index (χ2n) is 5.90. The van der Waals surface area contributed by atoms with Gasteiger partial charge in [0.05, 0.1) is 0 Å². The van der Waals surface area contributed by atoms with Gasteiger partial charge in [-0.1, -0.05) is 19.3 Å². The molecule has 23 heavy (non-hydrogen) atoms. The van der Waals surface area contributed by atoms with Crippen LogP contribution in [-0.2, 0) is 17.1 Å². The van der Waals surface area contributed by atoms with Gasteiger partial charge in [-0.05, 0) is 24.8 Å².